The second kappa shape index (κ2) is 25.3. The fourth-order valence-electron chi connectivity index (χ4n) is 17.9. The van der Waals surface area contributed by atoms with E-state index in [0.717, 1.165) is 148 Å². The number of methoxy groups -OCH3 is 3. The molecule has 16 nitrogen and oxygen atoms in total. The average Bonchev–Trinajstić information content (AvgIpc) is 1.54. The van der Waals surface area contributed by atoms with Crippen molar-refractivity contribution in [3.05, 3.63) is 135 Å². The van der Waals surface area contributed by atoms with Crippen LogP contribution in [0.5, 0.6) is 0 Å². The van der Waals surface area contributed by atoms with Crippen LogP contribution in [0.15, 0.2) is 94.1 Å². The Morgan fingerprint density at radius 2 is 0.895 bits per heavy atom. The minimum atomic E-state index is -0.995. The normalized spacial score (nSPS) is 31.6. The molecule has 4 unspecified atom stereocenters. The number of fused-ring (bicyclic) bond motifs is 9. The van der Waals surface area contributed by atoms with Gasteiger partial charge < -0.3 is 31.4 Å². The molecule has 6 fully saturated rings. The zero-order valence-corrected chi connectivity index (χ0v) is 56.5. The number of ether oxygens (including phenoxy) is 3. The molecular weight excluding hydrogens is 1180 g/mol. The molecule has 6 spiro atoms. The van der Waals surface area contributed by atoms with Crippen molar-refractivity contribution >= 4 is 35.6 Å². The number of guanidine groups is 3. The minimum absolute atomic E-state index is 0.0178. The van der Waals surface area contributed by atoms with Gasteiger partial charge in [-0.25, -0.2) is 15.0 Å². The molecule has 16 heteroatoms. The Morgan fingerprint density at radius 1 is 0.516 bits per heavy atom. The van der Waals surface area contributed by atoms with Crippen molar-refractivity contribution in [2.24, 2.45) is 66.2 Å². The van der Waals surface area contributed by atoms with Crippen LogP contribution < -0.4 is 17.2 Å². The van der Waals surface area contributed by atoms with E-state index in [1.165, 1.54) is 55.2 Å². The van der Waals surface area contributed by atoms with Gasteiger partial charge in [-0.2, -0.15) is 0 Å². The molecule has 95 heavy (non-hydrogen) atoms. The molecule has 3 aromatic carbocycles. The molecular formula is C79H94N10O6. The highest BCUT2D eigenvalue weighted by Crippen LogP contribution is 2.65. The zero-order valence-electron chi connectivity index (χ0n) is 56.5. The van der Waals surface area contributed by atoms with E-state index in [9.17, 15) is 14.4 Å². The van der Waals surface area contributed by atoms with Crippen LogP contribution in [-0.4, -0.2) is 108 Å². The quantitative estimate of drug-likeness (QED) is 0.135. The van der Waals surface area contributed by atoms with E-state index in [-0.39, 0.29) is 58.3 Å². The van der Waals surface area contributed by atoms with Gasteiger partial charge in [0.25, 0.3) is 17.7 Å². The number of hydrogen-bond acceptors (Lipinski definition) is 13. The number of nitrogens with zero attached hydrogens (tertiary/aromatic N) is 7. The standard InChI is InChI=1S/C28H30N4O2.C26H33N3O2.C25H31N3O2/c1-34-23-10-12-27(13-11-23)16-22-9-8-20(7-6-19-4-5-19)15-24(22)28(27)25(33)32(26(29)31-28)18-21-3-2-14-30-17-21;1-4-17(2)29-23(30)26(28-24(29)27)22-15-19(8-7-18-5-6-18)9-10-20(22)16-25(26)13-11-21(31-3)12-14-25;1-3-14-28-22(29)25(27-23(28)26)21-15-18(7-6-17-4-5-17)8-9-19(21)16-24(25)12-10-20(30-2)11-13-24/h2-3,8-9,14-15,17,19,23H,4-5,10-13,16,18H2,1H3,(H2,29,31);9-10,15,17-18,21H,4-6,11-14,16H2,1-3H3,(H2,27,28);8-9,15,17,20H,3-5,10-14,16H2,1-2H3,(H2,26,27). The van der Waals surface area contributed by atoms with Gasteiger partial charge in [-0.15, -0.1) is 0 Å². The lowest BCUT2D eigenvalue weighted by atomic mass is 9.61. The van der Waals surface area contributed by atoms with Gasteiger partial charge in [0.05, 0.1) is 24.9 Å². The zero-order chi connectivity index (χ0) is 66.1. The maximum Gasteiger partial charge on any atom is 0.262 e. The summed E-state index contributed by atoms with van der Waals surface area (Å²) >= 11 is 0. The molecule has 12 aliphatic rings. The van der Waals surface area contributed by atoms with Crippen molar-refractivity contribution in [3.8, 4) is 35.5 Å². The summed E-state index contributed by atoms with van der Waals surface area (Å²) in [6.45, 7) is 7.20. The van der Waals surface area contributed by atoms with E-state index < -0.39 is 16.6 Å². The number of carbonyl (C=O) groups excluding carboxylic acids is 3. The molecule has 496 valence electrons. The number of nitrogens with two attached hydrogens (primary N) is 3. The Kier molecular flexibility index (Phi) is 17.2. The third kappa shape index (κ3) is 11.0. The highest BCUT2D eigenvalue weighted by molar-refractivity contribution is 6.10. The highest BCUT2D eigenvalue weighted by atomic mass is 16.5. The first-order valence-electron chi connectivity index (χ1n) is 35.5. The molecule has 6 N–H and O–H groups in total. The van der Waals surface area contributed by atoms with E-state index in [1.807, 2.05) is 12.1 Å². The number of amides is 3. The first-order valence-corrected chi connectivity index (χ1v) is 35.5. The van der Waals surface area contributed by atoms with Crippen LogP contribution in [0.3, 0.4) is 0 Å². The van der Waals surface area contributed by atoms with Gasteiger partial charge >= 0.3 is 0 Å². The molecule has 3 aliphatic heterocycles. The van der Waals surface area contributed by atoms with Crippen LogP contribution in [-0.2, 0) is 71.0 Å². The summed E-state index contributed by atoms with van der Waals surface area (Å²) in [5.74, 6) is 22.9. The average molecular weight is 1280 g/mol. The molecule has 6 saturated carbocycles. The molecule has 0 saturated heterocycles. The SMILES string of the molecule is CCC(C)N1C(=O)C2(N=C1N)c1cc(C#CC3CC3)ccc1CC21CCC(OC)CC1.CCCN1C(=O)C2(N=C1N)c1cc(C#CC3CC3)ccc1CC21CCC(OC)CC1.COC1CCC2(CC1)Cc1ccc(C#CC3CC3)cc1C21N=C(N)N(Cc2cccnc2)C1=O. The number of pyridine rings is 1. The maximum atomic E-state index is 14.4. The second-order valence-electron chi connectivity index (χ2n) is 29.6. The Morgan fingerprint density at radius 3 is 1.25 bits per heavy atom. The van der Waals surface area contributed by atoms with Gasteiger partial charge in [0.1, 0.15) is 0 Å². The highest BCUT2D eigenvalue weighted by Gasteiger charge is 2.70. The largest absolute Gasteiger partial charge is 0.381 e. The van der Waals surface area contributed by atoms with Crippen LogP contribution >= 0.6 is 0 Å². The number of carbonyl (C=O) groups is 3. The Bertz CT molecular complexity index is 3980. The Balaban J connectivity index is 0.000000123. The fraction of sp³-hybridized carbons (Fsp3) is 0.557. The third-order valence-electron chi connectivity index (χ3n) is 23.9. The number of aliphatic imine (C=N–C) groups is 3. The van der Waals surface area contributed by atoms with Gasteiger partial charge in [-0.1, -0.05) is 73.6 Å². The van der Waals surface area contributed by atoms with Gasteiger partial charge in [0.2, 0.25) is 0 Å². The molecule has 3 amide bonds. The van der Waals surface area contributed by atoms with E-state index >= 15 is 0 Å². The van der Waals surface area contributed by atoms with E-state index in [2.05, 4.69) is 116 Å². The molecule has 4 atom stereocenters. The van der Waals surface area contributed by atoms with E-state index in [4.69, 9.17) is 46.4 Å². The summed E-state index contributed by atoms with van der Waals surface area (Å²) in [4.78, 5) is 66.9. The molecule has 4 heterocycles. The molecule has 4 aromatic rings. The lowest BCUT2D eigenvalue weighted by molar-refractivity contribution is -0.140. The fourth-order valence-corrected chi connectivity index (χ4v) is 17.9. The number of benzene rings is 3. The second-order valence-corrected chi connectivity index (χ2v) is 29.6. The first kappa shape index (κ1) is 64.5. The summed E-state index contributed by atoms with van der Waals surface area (Å²) in [7, 11) is 5.35. The summed E-state index contributed by atoms with van der Waals surface area (Å²) in [6, 6.07) is 23.1. The van der Waals surface area contributed by atoms with Gasteiger partial charge in [0, 0.05) is 97.0 Å². The van der Waals surface area contributed by atoms with Crippen molar-refractivity contribution in [3.63, 3.8) is 0 Å². The van der Waals surface area contributed by atoms with Gasteiger partial charge in [0.15, 0.2) is 34.5 Å². The van der Waals surface area contributed by atoms with Crippen molar-refractivity contribution in [1.82, 2.24) is 19.7 Å². The summed E-state index contributed by atoms with van der Waals surface area (Å²) < 4.78 is 17.0. The number of rotatable bonds is 9. The van der Waals surface area contributed by atoms with Crippen molar-refractivity contribution < 1.29 is 28.6 Å². The van der Waals surface area contributed by atoms with Gasteiger partial charge in [-0.3, -0.25) is 34.1 Å². The van der Waals surface area contributed by atoms with E-state index in [0.29, 0.717) is 48.7 Å². The van der Waals surface area contributed by atoms with Crippen LogP contribution in [0.1, 0.15) is 205 Å². The monoisotopic (exact) mass is 1280 g/mol. The van der Waals surface area contributed by atoms with Gasteiger partial charge in [-0.05, 0) is 236 Å². The molecule has 16 rings (SSSR count). The minimum Gasteiger partial charge on any atom is -0.381 e. The Hall–Kier alpha value is -7.81. The molecule has 1 aromatic heterocycles. The summed E-state index contributed by atoms with van der Waals surface area (Å²) in [5, 5.41) is 0. The van der Waals surface area contributed by atoms with Crippen LogP contribution in [0, 0.1) is 69.5 Å². The number of hydrogen-bond donors (Lipinski definition) is 3. The lowest BCUT2D eigenvalue weighted by Gasteiger charge is -2.45. The lowest BCUT2D eigenvalue weighted by Crippen LogP contribution is -2.53. The smallest absolute Gasteiger partial charge is 0.262 e. The molecule has 0 bridgehead atoms. The van der Waals surface area contributed by atoms with Crippen LogP contribution in [0.2, 0.25) is 0 Å². The predicted octanol–water partition coefficient (Wildman–Crippen LogP) is 10.6. The predicted molar refractivity (Wildman–Crippen MR) is 368 cm³/mol. The topological polar surface area (TPSA) is 217 Å². The Labute approximate surface area is 561 Å². The van der Waals surface area contributed by atoms with Crippen molar-refractivity contribution in [1.29, 1.82) is 0 Å². The van der Waals surface area contributed by atoms with E-state index in [1.54, 1.807) is 48.4 Å². The number of aromatic nitrogens is 1. The maximum absolute atomic E-state index is 14.4. The molecule has 0 radical (unpaired) electrons. The van der Waals surface area contributed by atoms with Crippen molar-refractivity contribution in [2.45, 2.75) is 216 Å². The van der Waals surface area contributed by atoms with Crippen LogP contribution in [0.4, 0.5) is 0 Å². The van der Waals surface area contributed by atoms with Crippen molar-refractivity contribution in [2.75, 3.05) is 27.9 Å². The third-order valence-corrected chi connectivity index (χ3v) is 23.9. The first-order chi connectivity index (χ1) is 46.0. The van der Waals surface area contributed by atoms with Crippen LogP contribution in [0.25, 0.3) is 0 Å². The summed E-state index contributed by atoms with van der Waals surface area (Å²) in [6.07, 6.45) is 26.8. The molecule has 9 aliphatic carbocycles. The summed E-state index contributed by atoms with van der Waals surface area (Å²) in [5.41, 5.74) is 26.3.